The number of carbonyl (C=O) groups is 1. The minimum atomic E-state index is -1.06. The number of carbonyl (C=O) groups excluding carboxylic acids is 1. The van der Waals surface area contributed by atoms with Crippen molar-refractivity contribution in [3.05, 3.63) is 89.2 Å². The number of ether oxygens (including phenoxy) is 1. The van der Waals surface area contributed by atoms with E-state index in [0.29, 0.717) is 6.61 Å². The first-order valence-corrected chi connectivity index (χ1v) is 8.65. The Bertz CT molecular complexity index is 847. The lowest BCUT2D eigenvalue weighted by Crippen LogP contribution is -2.27. The lowest BCUT2D eigenvalue weighted by atomic mass is 10.0. The molecule has 0 unspecified atom stereocenters. The predicted octanol–water partition coefficient (Wildman–Crippen LogP) is 3.41. The number of aromatic nitrogens is 1. The normalized spacial score (nSPS) is 11.9. The van der Waals surface area contributed by atoms with Gasteiger partial charge in [-0.25, -0.2) is 0 Å². The van der Waals surface area contributed by atoms with Crippen molar-refractivity contribution in [3.8, 4) is 5.75 Å². The van der Waals surface area contributed by atoms with Crippen molar-refractivity contribution in [2.75, 3.05) is 0 Å². The van der Waals surface area contributed by atoms with Crippen molar-refractivity contribution >= 4 is 5.97 Å². The van der Waals surface area contributed by atoms with Crippen molar-refractivity contribution in [2.45, 2.75) is 32.9 Å². The third-order valence-corrected chi connectivity index (χ3v) is 4.51. The van der Waals surface area contributed by atoms with Crippen LogP contribution in [0.3, 0.4) is 0 Å². The summed E-state index contributed by atoms with van der Waals surface area (Å²) in [5, 5.41) is 11.3. The highest BCUT2D eigenvalue weighted by molar-refractivity contribution is 5.65. The van der Waals surface area contributed by atoms with Crippen molar-refractivity contribution in [1.29, 1.82) is 0 Å². The molecule has 26 heavy (non-hydrogen) atoms. The van der Waals surface area contributed by atoms with Crippen molar-refractivity contribution < 1.29 is 14.6 Å². The van der Waals surface area contributed by atoms with Crippen LogP contribution in [0.4, 0.5) is 0 Å². The fourth-order valence-corrected chi connectivity index (χ4v) is 3.21. The molecule has 0 N–H and O–H groups in total. The van der Waals surface area contributed by atoms with E-state index in [2.05, 4.69) is 0 Å². The molecule has 0 aliphatic heterocycles. The summed E-state index contributed by atoms with van der Waals surface area (Å²) >= 11 is 0. The summed E-state index contributed by atoms with van der Waals surface area (Å²) in [7, 11) is 0. The van der Waals surface area contributed by atoms with Crippen LogP contribution in [0.5, 0.6) is 5.75 Å². The van der Waals surface area contributed by atoms with E-state index in [1.54, 1.807) is 0 Å². The van der Waals surface area contributed by atoms with E-state index in [0.717, 1.165) is 28.3 Å². The number of carboxylic acids is 1. The Balaban J connectivity index is 1.79. The fraction of sp³-hybridized carbons (Fsp3) is 0.227. The molecule has 1 heterocycles. The molecule has 0 aliphatic rings. The molecule has 2 aromatic carbocycles. The van der Waals surface area contributed by atoms with E-state index in [-0.39, 0.29) is 12.5 Å². The second kappa shape index (κ2) is 7.91. The van der Waals surface area contributed by atoms with Gasteiger partial charge >= 0.3 is 0 Å². The van der Waals surface area contributed by atoms with Crippen LogP contribution in [-0.2, 0) is 11.4 Å². The molecule has 0 bridgehead atoms. The average molecular weight is 348 g/mol. The smallest absolute Gasteiger partial charge is 0.119 e. The molecule has 3 aromatic rings. The summed E-state index contributed by atoms with van der Waals surface area (Å²) in [4.78, 5) is 11.3. The van der Waals surface area contributed by atoms with Crippen molar-refractivity contribution in [2.24, 2.45) is 0 Å². The molecule has 4 nitrogen and oxygen atoms in total. The first-order chi connectivity index (χ1) is 12.5. The second-order valence-corrected chi connectivity index (χ2v) is 6.42. The maximum Gasteiger partial charge on any atom is 0.119 e. The van der Waals surface area contributed by atoms with Gasteiger partial charge in [-0.1, -0.05) is 42.5 Å². The number of carboxylic acid groups (broad SMARTS) is 1. The maximum atomic E-state index is 11.3. The van der Waals surface area contributed by atoms with Gasteiger partial charge in [0.2, 0.25) is 0 Å². The average Bonchev–Trinajstić information content (AvgIpc) is 2.98. The molecule has 1 aromatic heterocycles. The topological polar surface area (TPSA) is 54.3 Å². The number of aliphatic carboxylic acids is 1. The highest BCUT2D eigenvalue weighted by atomic mass is 16.5. The number of hydrogen-bond acceptors (Lipinski definition) is 3. The third-order valence-electron chi connectivity index (χ3n) is 4.51. The molecule has 0 amide bonds. The molecular weight excluding hydrogens is 326 g/mol. The number of nitrogens with zero attached hydrogens (tertiary/aromatic N) is 1. The highest BCUT2D eigenvalue weighted by Crippen LogP contribution is 2.28. The van der Waals surface area contributed by atoms with Gasteiger partial charge in [0.05, 0.1) is 6.04 Å². The van der Waals surface area contributed by atoms with Gasteiger partial charge in [0.1, 0.15) is 12.4 Å². The Morgan fingerprint density at radius 1 is 0.962 bits per heavy atom. The molecule has 3 rings (SSSR count). The monoisotopic (exact) mass is 348 g/mol. The van der Waals surface area contributed by atoms with Crippen LogP contribution < -0.4 is 9.84 Å². The van der Waals surface area contributed by atoms with E-state index in [1.165, 1.54) is 0 Å². The molecule has 4 heteroatoms. The maximum absolute atomic E-state index is 11.3. The summed E-state index contributed by atoms with van der Waals surface area (Å²) in [6, 6.07) is 21.3. The number of hydrogen-bond donors (Lipinski definition) is 0. The molecule has 1 atom stereocenters. The Kier molecular flexibility index (Phi) is 5.42. The highest BCUT2D eigenvalue weighted by Gasteiger charge is 2.17. The van der Waals surface area contributed by atoms with Crippen LogP contribution >= 0.6 is 0 Å². The Hall–Kier alpha value is -3.01. The molecular formula is C22H22NO3-. The van der Waals surface area contributed by atoms with E-state index in [1.807, 2.05) is 85.1 Å². The van der Waals surface area contributed by atoms with E-state index in [4.69, 9.17) is 4.74 Å². The Morgan fingerprint density at radius 2 is 1.58 bits per heavy atom. The first kappa shape index (κ1) is 17.8. The van der Waals surface area contributed by atoms with Gasteiger partial charge in [0.15, 0.2) is 0 Å². The van der Waals surface area contributed by atoms with Gasteiger partial charge in [-0.3, -0.25) is 0 Å². The lowest BCUT2D eigenvalue weighted by molar-refractivity contribution is -0.306. The summed E-state index contributed by atoms with van der Waals surface area (Å²) in [6.07, 6.45) is -0.0689. The molecule has 0 radical (unpaired) electrons. The number of rotatable bonds is 7. The van der Waals surface area contributed by atoms with Crippen LogP contribution in [-0.4, -0.2) is 10.5 Å². The van der Waals surface area contributed by atoms with Gasteiger partial charge in [0.25, 0.3) is 0 Å². The second-order valence-electron chi connectivity index (χ2n) is 6.42. The molecule has 0 saturated heterocycles. The van der Waals surface area contributed by atoms with Gasteiger partial charge in [-0.15, -0.1) is 0 Å². The van der Waals surface area contributed by atoms with Crippen LogP contribution in [0.25, 0.3) is 0 Å². The SMILES string of the molecule is Cc1ccc(C)n1[C@@H](CC(=O)[O-])c1ccc(OCc2ccccc2)cc1. The van der Waals surface area contributed by atoms with Gasteiger partial charge < -0.3 is 19.2 Å². The van der Waals surface area contributed by atoms with Gasteiger partial charge in [-0.2, -0.15) is 0 Å². The van der Waals surface area contributed by atoms with Gasteiger partial charge in [0, 0.05) is 23.8 Å². The quantitative estimate of drug-likeness (QED) is 0.657. The first-order valence-electron chi connectivity index (χ1n) is 8.65. The largest absolute Gasteiger partial charge is 0.550 e. The summed E-state index contributed by atoms with van der Waals surface area (Å²) < 4.78 is 7.85. The molecule has 0 saturated carbocycles. The zero-order valence-electron chi connectivity index (χ0n) is 15.0. The summed E-state index contributed by atoms with van der Waals surface area (Å²) in [5.74, 6) is -0.308. The molecule has 134 valence electrons. The Labute approximate surface area is 153 Å². The predicted molar refractivity (Wildman–Crippen MR) is 98.9 cm³/mol. The number of benzene rings is 2. The summed E-state index contributed by atoms with van der Waals surface area (Å²) in [6.45, 7) is 4.46. The molecule has 0 aliphatic carbocycles. The van der Waals surface area contributed by atoms with Crippen LogP contribution in [0.2, 0.25) is 0 Å². The van der Waals surface area contributed by atoms with Crippen molar-refractivity contribution in [3.63, 3.8) is 0 Å². The minimum Gasteiger partial charge on any atom is -0.550 e. The van der Waals surface area contributed by atoms with Crippen molar-refractivity contribution in [1.82, 2.24) is 4.57 Å². The fourth-order valence-electron chi connectivity index (χ4n) is 3.21. The zero-order valence-corrected chi connectivity index (χ0v) is 15.0. The number of aryl methyl sites for hydroxylation is 2. The van der Waals surface area contributed by atoms with E-state index < -0.39 is 5.97 Å². The molecule has 0 spiro atoms. The summed E-state index contributed by atoms with van der Waals surface area (Å²) in [5.41, 5.74) is 4.07. The lowest BCUT2D eigenvalue weighted by Gasteiger charge is -2.24. The van der Waals surface area contributed by atoms with E-state index >= 15 is 0 Å². The molecule has 0 fully saturated rings. The van der Waals surface area contributed by atoms with Crippen LogP contribution in [0.15, 0.2) is 66.7 Å². The van der Waals surface area contributed by atoms with Crippen LogP contribution in [0.1, 0.15) is 35.0 Å². The van der Waals surface area contributed by atoms with Crippen LogP contribution in [0, 0.1) is 13.8 Å². The zero-order chi connectivity index (χ0) is 18.5. The van der Waals surface area contributed by atoms with E-state index in [9.17, 15) is 9.90 Å². The third kappa shape index (κ3) is 4.14. The standard InChI is InChI=1S/C22H23NO3/c1-16-8-9-17(2)23(16)21(14-22(24)25)19-10-12-20(13-11-19)26-15-18-6-4-3-5-7-18/h3-13,21H,14-15H2,1-2H3,(H,24,25)/p-1/t21-/m0/s1. The Morgan fingerprint density at radius 3 is 2.15 bits per heavy atom. The van der Waals surface area contributed by atoms with Gasteiger partial charge in [-0.05, 0) is 49.2 Å². The minimum absolute atomic E-state index is 0.0689.